The van der Waals surface area contributed by atoms with E-state index in [1.165, 1.54) is 0 Å². The molecule has 0 aromatic rings. The van der Waals surface area contributed by atoms with Crippen molar-refractivity contribution in [2.45, 2.75) is 19.3 Å². The lowest BCUT2D eigenvalue weighted by molar-refractivity contribution is -0.126. The second-order valence-electron chi connectivity index (χ2n) is 2.23. The second kappa shape index (κ2) is 2.25. The van der Waals surface area contributed by atoms with Crippen LogP contribution < -0.4 is 0 Å². The Bertz CT molecular complexity index is 96.7. The van der Waals surface area contributed by atoms with Gasteiger partial charge >= 0.3 is 0 Å². The zero-order valence-corrected chi connectivity index (χ0v) is 4.69. The van der Waals surface area contributed by atoms with Gasteiger partial charge in [0.15, 0.2) is 5.78 Å². The van der Waals surface area contributed by atoms with E-state index in [0.717, 1.165) is 19.3 Å². The fraction of sp³-hybridized carbons (Fsp3) is 0.833. The first-order valence-electron chi connectivity index (χ1n) is 2.93. The Labute approximate surface area is 47.9 Å². The second-order valence-corrected chi connectivity index (χ2v) is 2.23. The molecule has 0 spiro atoms. The Morgan fingerprint density at radius 1 is 1.62 bits per heavy atom. The molecule has 1 saturated carbocycles. The molecule has 0 saturated heterocycles. The predicted octanol–water partition coefficient (Wildman–Crippen LogP) is 1.33. The van der Waals surface area contributed by atoms with Gasteiger partial charge in [-0.05, 0) is 12.8 Å². The lowest BCUT2D eigenvalue weighted by Crippen LogP contribution is -2.22. The molecule has 0 amide bonds. The van der Waals surface area contributed by atoms with E-state index in [4.69, 9.17) is 0 Å². The number of hydrogen-bond donors (Lipinski definition) is 0. The predicted molar refractivity (Wildman–Crippen MR) is 28.3 cm³/mol. The standard InChI is InChI=1S/C6H9FO/c7-4-6(8)5-2-1-3-5/h5H,1-4H2. The van der Waals surface area contributed by atoms with Gasteiger partial charge < -0.3 is 0 Å². The minimum Gasteiger partial charge on any atom is -0.296 e. The molecule has 0 bridgehead atoms. The fourth-order valence-corrected chi connectivity index (χ4v) is 0.839. The molecule has 1 rings (SSSR count). The summed E-state index contributed by atoms with van der Waals surface area (Å²) in [5, 5.41) is 0. The molecule has 0 atom stereocenters. The third-order valence-electron chi connectivity index (χ3n) is 1.69. The molecule has 0 aromatic heterocycles. The van der Waals surface area contributed by atoms with Crippen LogP contribution in [-0.2, 0) is 4.79 Å². The van der Waals surface area contributed by atoms with Crippen molar-refractivity contribution in [3.8, 4) is 0 Å². The van der Waals surface area contributed by atoms with Crippen molar-refractivity contribution in [1.29, 1.82) is 0 Å². The van der Waals surface area contributed by atoms with Crippen molar-refractivity contribution in [2.24, 2.45) is 5.92 Å². The number of hydrogen-bond acceptors (Lipinski definition) is 1. The number of rotatable bonds is 2. The van der Waals surface area contributed by atoms with Gasteiger partial charge in [-0.1, -0.05) is 6.42 Å². The maximum absolute atomic E-state index is 11.5. The normalized spacial score (nSPS) is 20.1. The van der Waals surface area contributed by atoms with E-state index in [0.29, 0.717) is 0 Å². The summed E-state index contributed by atoms with van der Waals surface area (Å²) in [6.45, 7) is -0.759. The van der Waals surface area contributed by atoms with Crippen molar-refractivity contribution in [1.82, 2.24) is 0 Å². The van der Waals surface area contributed by atoms with Crippen LogP contribution in [0.3, 0.4) is 0 Å². The lowest BCUT2D eigenvalue weighted by Gasteiger charge is -2.21. The quantitative estimate of drug-likeness (QED) is 0.531. The highest BCUT2D eigenvalue weighted by Gasteiger charge is 2.24. The first-order chi connectivity index (χ1) is 3.84. The molecule has 0 radical (unpaired) electrons. The van der Waals surface area contributed by atoms with Gasteiger partial charge in [0, 0.05) is 5.92 Å². The van der Waals surface area contributed by atoms with Crippen LogP contribution in [0.1, 0.15) is 19.3 Å². The number of carbonyl (C=O) groups excluding carboxylic acids is 1. The molecule has 2 heteroatoms. The van der Waals surface area contributed by atoms with E-state index in [1.54, 1.807) is 0 Å². The summed E-state index contributed by atoms with van der Waals surface area (Å²) in [6.07, 6.45) is 2.95. The van der Waals surface area contributed by atoms with Gasteiger partial charge in [-0.2, -0.15) is 0 Å². The molecule has 46 valence electrons. The average molecular weight is 116 g/mol. The van der Waals surface area contributed by atoms with Gasteiger partial charge in [0.05, 0.1) is 0 Å². The van der Waals surface area contributed by atoms with Gasteiger partial charge in [0.25, 0.3) is 0 Å². The monoisotopic (exact) mass is 116 g/mol. The number of alkyl halides is 1. The minimum absolute atomic E-state index is 0.0833. The summed E-state index contributed by atoms with van der Waals surface area (Å²) in [5.74, 6) is -0.115. The highest BCUT2D eigenvalue weighted by Crippen LogP contribution is 2.26. The molecular weight excluding hydrogens is 107 g/mol. The average Bonchev–Trinajstić information content (AvgIpc) is 1.62. The number of halogens is 1. The third-order valence-corrected chi connectivity index (χ3v) is 1.69. The Morgan fingerprint density at radius 2 is 2.25 bits per heavy atom. The van der Waals surface area contributed by atoms with Crippen LogP contribution in [0, 0.1) is 5.92 Å². The number of Topliss-reactive ketones (excluding diaryl/α,β-unsaturated/α-hetero) is 1. The van der Waals surface area contributed by atoms with E-state index < -0.39 is 6.67 Å². The highest BCUT2D eigenvalue weighted by molar-refractivity contribution is 5.82. The molecule has 1 aliphatic carbocycles. The van der Waals surface area contributed by atoms with Gasteiger partial charge in [-0.25, -0.2) is 4.39 Å². The maximum atomic E-state index is 11.5. The summed E-state index contributed by atoms with van der Waals surface area (Å²) in [4.78, 5) is 10.4. The Morgan fingerprint density at radius 3 is 2.38 bits per heavy atom. The van der Waals surface area contributed by atoms with Crippen LogP contribution in [0.4, 0.5) is 4.39 Å². The topological polar surface area (TPSA) is 17.1 Å². The minimum atomic E-state index is -0.759. The van der Waals surface area contributed by atoms with E-state index in [-0.39, 0.29) is 11.7 Å². The van der Waals surface area contributed by atoms with Crippen molar-refractivity contribution < 1.29 is 9.18 Å². The van der Waals surface area contributed by atoms with Crippen LogP contribution in [0.15, 0.2) is 0 Å². The van der Waals surface area contributed by atoms with Gasteiger partial charge in [-0.3, -0.25) is 4.79 Å². The third kappa shape index (κ3) is 0.881. The van der Waals surface area contributed by atoms with Crippen LogP contribution in [0.25, 0.3) is 0 Å². The Kier molecular flexibility index (Phi) is 1.61. The van der Waals surface area contributed by atoms with Crippen LogP contribution in [-0.4, -0.2) is 12.5 Å². The Balaban J connectivity index is 2.24. The SMILES string of the molecule is O=C(CF)C1CCC1. The van der Waals surface area contributed by atoms with Crippen molar-refractivity contribution in [3.63, 3.8) is 0 Å². The Hall–Kier alpha value is -0.400. The molecule has 8 heavy (non-hydrogen) atoms. The van der Waals surface area contributed by atoms with E-state index in [1.807, 2.05) is 0 Å². The van der Waals surface area contributed by atoms with Gasteiger partial charge in [-0.15, -0.1) is 0 Å². The van der Waals surface area contributed by atoms with Crippen molar-refractivity contribution in [3.05, 3.63) is 0 Å². The zero-order chi connectivity index (χ0) is 5.98. The summed E-state index contributed by atoms with van der Waals surface area (Å²) >= 11 is 0. The highest BCUT2D eigenvalue weighted by atomic mass is 19.1. The van der Waals surface area contributed by atoms with Crippen LogP contribution >= 0.6 is 0 Å². The summed E-state index contributed by atoms with van der Waals surface area (Å²) in [5.41, 5.74) is 0. The van der Waals surface area contributed by atoms with Crippen molar-refractivity contribution >= 4 is 5.78 Å². The van der Waals surface area contributed by atoms with Gasteiger partial charge in [0.1, 0.15) is 6.67 Å². The number of carbonyl (C=O) groups is 1. The molecule has 1 nitrogen and oxygen atoms in total. The molecule has 0 unspecified atom stereocenters. The van der Waals surface area contributed by atoms with Crippen LogP contribution in [0.5, 0.6) is 0 Å². The molecule has 0 N–H and O–H groups in total. The summed E-state index contributed by atoms with van der Waals surface area (Å²) < 4.78 is 11.5. The summed E-state index contributed by atoms with van der Waals surface area (Å²) in [6, 6.07) is 0. The largest absolute Gasteiger partial charge is 0.296 e. The zero-order valence-electron chi connectivity index (χ0n) is 4.69. The van der Waals surface area contributed by atoms with Crippen LogP contribution in [0.2, 0.25) is 0 Å². The van der Waals surface area contributed by atoms with E-state index in [9.17, 15) is 9.18 Å². The summed E-state index contributed by atoms with van der Waals surface area (Å²) in [7, 11) is 0. The molecule has 1 fully saturated rings. The van der Waals surface area contributed by atoms with E-state index in [2.05, 4.69) is 0 Å². The van der Waals surface area contributed by atoms with Gasteiger partial charge in [0.2, 0.25) is 0 Å². The molecule has 0 heterocycles. The van der Waals surface area contributed by atoms with Crippen molar-refractivity contribution in [2.75, 3.05) is 6.67 Å². The smallest absolute Gasteiger partial charge is 0.166 e. The lowest BCUT2D eigenvalue weighted by atomic mass is 9.83. The van der Waals surface area contributed by atoms with E-state index >= 15 is 0 Å². The first-order valence-corrected chi connectivity index (χ1v) is 2.93. The number of ketones is 1. The molecule has 0 aromatic carbocycles. The fourth-order valence-electron chi connectivity index (χ4n) is 0.839. The first kappa shape index (κ1) is 5.73. The molecule has 0 aliphatic heterocycles. The molecule has 1 aliphatic rings. The maximum Gasteiger partial charge on any atom is 0.166 e. The molecular formula is C6H9FO.